The SMILES string of the molecule is CCc1ccc(/C(O)=C2\C(=O)C(=O)N(c3nc4ccc(OC)cc4[nH]3)C2c2cccc(OC)c2)cc1. The number of aromatic amines is 1. The van der Waals surface area contributed by atoms with Crippen molar-refractivity contribution >= 4 is 34.4 Å². The molecule has 1 fully saturated rings. The van der Waals surface area contributed by atoms with Gasteiger partial charge in [0.2, 0.25) is 5.95 Å². The molecule has 8 heteroatoms. The molecule has 36 heavy (non-hydrogen) atoms. The lowest BCUT2D eigenvalue weighted by molar-refractivity contribution is -0.132. The summed E-state index contributed by atoms with van der Waals surface area (Å²) in [4.78, 5) is 35.8. The predicted octanol–water partition coefficient (Wildman–Crippen LogP) is 4.77. The van der Waals surface area contributed by atoms with Gasteiger partial charge < -0.3 is 19.6 Å². The highest BCUT2D eigenvalue weighted by molar-refractivity contribution is 6.51. The summed E-state index contributed by atoms with van der Waals surface area (Å²) in [6.07, 6.45) is 0.839. The number of amides is 1. The standard InChI is InChI=1S/C28H25N3O5/c1-4-16-8-10-17(11-9-16)25(32)23-24(18-6-5-7-19(14-18)35-2)31(27(34)26(23)33)28-29-21-13-12-20(36-3)15-22(21)30-28/h5-15,24,32H,4H2,1-3H3,(H,29,30)/b25-23+. The van der Waals surface area contributed by atoms with Crippen LogP contribution in [0.5, 0.6) is 11.5 Å². The van der Waals surface area contributed by atoms with E-state index in [1.165, 1.54) is 12.0 Å². The first-order valence-electron chi connectivity index (χ1n) is 11.5. The zero-order valence-corrected chi connectivity index (χ0v) is 20.1. The van der Waals surface area contributed by atoms with Crippen LogP contribution < -0.4 is 14.4 Å². The van der Waals surface area contributed by atoms with Gasteiger partial charge in [-0.1, -0.05) is 43.3 Å². The molecule has 2 N–H and O–H groups in total. The minimum Gasteiger partial charge on any atom is -0.507 e. The van der Waals surface area contributed by atoms with Crippen LogP contribution in [0.1, 0.15) is 29.7 Å². The summed E-state index contributed by atoms with van der Waals surface area (Å²) >= 11 is 0. The third-order valence-electron chi connectivity index (χ3n) is 6.39. The largest absolute Gasteiger partial charge is 0.507 e. The maximum Gasteiger partial charge on any atom is 0.302 e. The Morgan fingerprint density at radius 2 is 1.72 bits per heavy atom. The quantitative estimate of drug-likeness (QED) is 0.233. The number of aliphatic hydroxyl groups is 1. The topological polar surface area (TPSA) is 105 Å². The van der Waals surface area contributed by atoms with Crippen molar-refractivity contribution in [1.82, 2.24) is 9.97 Å². The van der Waals surface area contributed by atoms with Crippen molar-refractivity contribution in [2.24, 2.45) is 0 Å². The Morgan fingerprint density at radius 1 is 1.00 bits per heavy atom. The van der Waals surface area contributed by atoms with Crippen LogP contribution in [0.4, 0.5) is 5.95 Å². The van der Waals surface area contributed by atoms with Gasteiger partial charge in [-0.05, 0) is 41.8 Å². The first kappa shape index (κ1) is 23.2. The monoisotopic (exact) mass is 483 g/mol. The van der Waals surface area contributed by atoms with Gasteiger partial charge in [-0.3, -0.25) is 14.5 Å². The van der Waals surface area contributed by atoms with E-state index < -0.39 is 17.7 Å². The lowest BCUT2D eigenvalue weighted by Gasteiger charge is -2.23. The highest BCUT2D eigenvalue weighted by atomic mass is 16.5. The third kappa shape index (κ3) is 3.86. The number of methoxy groups -OCH3 is 2. The van der Waals surface area contributed by atoms with Gasteiger partial charge in [-0.15, -0.1) is 0 Å². The summed E-state index contributed by atoms with van der Waals surface area (Å²) in [6, 6.07) is 18.7. The highest BCUT2D eigenvalue weighted by Crippen LogP contribution is 2.42. The molecule has 1 aromatic heterocycles. The van der Waals surface area contributed by atoms with Gasteiger partial charge >= 0.3 is 5.91 Å². The molecule has 8 nitrogen and oxygen atoms in total. The summed E-state index contributed by atoms with van der Waals surface area (Å²) in [5.41, 5.74) is 3.37. The lowest BCUT2D eigenvalue weighted by atomic mass is 9.95. The predicted molar refractivity (Wildman–Crippen MR) is 136 cm³/mol. The van der Waals surface area contributed by atoms with Crippen molar-refractivity contribution in [3.63, 3.8) is 0 Å². The molecular weight excluding hydrogens is 458 g/mol. The first-order chi connectivity index (χ1) is 17.4. The number of Topliss-reactive ketones (excluding diaryl/α,β-unsaturated/α-hetero) is 1. The van der Waals surface area contributed by atoms with E-state index in [1.807, 2.05) is 19.1 Å². The number of nitrogens with one attached hydrogen (secondary N) is 1. The van der Waals surface area contributed by atoms with Crippen LogP contribution in [0, 0.1) is 0 Å². The minimum atomic E-state index is -0.923. The molecule has 1 saturated heterocycles. The second kappa shape index (κ2) is 9.22. The minimum absolute atomic E-state index is 0.0180. The Morgan fingerprint density at radius 3 is 2.42 bits per heavy atom. The molecule has 5 rings (SSSR count). The molecule has 0 radical (unpaired) electrons. The number of aromatic nitrogens is 2. The summed E-state index contributed by atoms with van der Waals surface area (Å²) in [7, 11) is 3.10. The molecule has 4 aromatic rings. The molecule has 2 heterocycles. The van der Waals surface area contributed by atoms with Gasteiger partial charge in [-0.2, -0.15) is 0 Å². The molecule has 1 amide bonds. The van der Waals surface area contributed by atoms with E-state index in [-0.39, 0.29) is 17.3 Å². The molecule has 0 spiro atoms. The molecule has 0 saturated carbocycles. The van der Waals surface area contributed by atoms with Crippen LogP contribution in [-0.4, -0.2) is 41.0 Å². The molecule has 0 aliphatic carbocycles. The summed E-state index contributed by atoms with van der Waals surface area (Å²) < 4.78 is 10.7. The molecule has 3 aromatic carbocycles. The third-order valence-corrected chi connectivity index (χ3v) is 6.39. The molecule has 1 unspecified atom stereocenters. The fourth-order valence-electron chi connectivity index (χ4n) is 4.45. The number of carbonyl (C=O) groups excluding carboxylic acids is 2. The average Bonchev–Trinajstić information content (AvgIpc) is 3.45. The van der Waals surface area contributed by atoms with E-state index in [4.69, 9.17) is 9.47 Å². The molecule has 0 bridgehead atoms. The number of imidazole rings is 1. The number of H-pyrrole nitrogens is 1. The van der Waals surface area contributed by atoms with Gasteiger partial charge in [0.1, 0.15) is 17.3 Å². The van der Waals surface area contributed by atoms with Crippen molar-refractivity contribution in [3.8, 4) is 11.5 Å². The van der Waals surface area contributed by atoms with E-state index in [0.29, 0.717) is 33.7 Å². The first-order valence-corrected chi connectivity index (χ1v) is 11.5. The summed E-state index contributed by atoms with van der Waals surface area (Å²) in [6.45, 7) is 2.03. The number of ketones is 1. The Balaban J connectivity index is 1.71. The number of rotatable bonds is 6. The Kier molecular flexibility index (Phi) is 5.93. The maximum absolute atomic E-state index is 13.4. The van der Waals surface area contributed by atoms with Crippen LogP contribution >= 0.6 is 0 Å². The van der Waals surface area contributed by atoms with Gasteiger partial charge in [0.15, 0.2) is 0 Å². The Hall–Kier alpha value is -4.59. The van der Waals surface area contributed by atoms with Gasteiger partial charge in [0, 0.05) is 11.6 Å². The summed E-state index contributed by atoms with van der Waals surface area (Å²) in [5.74, 6) is -0.462. The van der Waals surface area contributed by atoms with Crippen LogP contribution in [0.25, 0.3) is 16.8 Å². The highest BCUT2D eigenvalue weighted by Gasteiger charge is 2.48. The van der Waals surface area contributed by atoms with Crippen molar-refractivity contribution in [3.05, 3.63) is 89.0 Å². The van der Waals surface area contributed by atoms with E-state index in [2.05, 4.69) is 9.97 Å². The van der Waals surface area contributed by atoms with E-state index >= 15 is 0 Å². The Bertz CT molecular complexity index is 1500. The number of benzene rings is 3. The van der Waals surface area contributed by atoms with E-state index in [9.17, 15) is 14.7 Å². The number of nitrogens with zero attached hydrogens (tertiary/aromatic N) is 2. The zero-order valence-electron chi connectivity index (χ0n) is 20.1. The smallest absolute Gasteiger partial charge is 0.302 e. The number of hydrogen-bond donors (Lipinski definition) is 2. The number of aryl methyl sites for hydroxylation is 1. The number of ether oxygens (including phenoxy) is 2. The van der Waals surface area contributed by atoms with Gasteiger partial charge in [0.25, 0.3) is 5.78 Å². The van der Waals surface area contributed by atoms with Crippen molar-refractivity contribution in [2.75, 3.05) is 19.1 Å². The molecule has 1 aliphatic rings. The number of aliphatic hydroxyl groups excluding tert-OH is 1. The number of anilines is 1. The van der Waals surface area contributed by atoms with Gasteiger partial charge in [-0.25, -0.2) is 4.98 Å². The van der Waals surface area contributed by atoms with Crippen molar-refractivity contribution in [2.45, 2.75) is 19.4 Å². The van der Waals surface area contributed by atoms with Crippen LogP contribution in [-0.2, 0) is 16.0 Å². The molecule has 182 valence electrons. The normalized spacial score (nSPS) is 17.1. The second-order valence-electron chi connectivity index (χ2n) is 8.44. The average molecular weight is 484 g/mol. The van der Waals surface area contributed by atoms with Gasteiger partial charge in [0.05, 0.1) is 36.9 Å². The number of carbonyl (C=O) groups is 2. The van der Waals surface area contributed by atoms with Crippen LogP contribution in [0.3, 0.4) is 0 Å². The molecular formula is C28H25N3O5. The fourth-order valence-corrected chi connectivity index (χ4v) is 4.45. The second-order valence-corrected chi connectivity index (χ2v) is 8.44. The lowest BCUT2D eigenvalue weighted by Crippen LogP contribution is -2.30. The fraction of sp³-hybridized carbons (Fsp3) is 0.179. The summed E-state index contributed by atoms with van der Waals surface area (Å²) in [5, 5.41) is 11.3. The van der Waals surface area contributed by atoms with Crippen molar-refractivity contribution in [1.29, 1.82) is 0 Å². The molecule has 1 aliphatic heterocycles. The molecule has 1 atom stereocenters. The van der Waals surface area contributed by atoms with Crippen LogP contribution in [0.2, 0.25) is 0 Å². The zero-order chi connectivity index (χ0) is 25.4. The maximum atomic E-state index is 13.4. The number of fused-ring (bicyclic) bond motifs is 1. The van der Waals surface area contributed by atoms with Crippen LogP contribution in [0.15, 0.2) is 72.3 Å². The van der Waals surface area contributed by atoms with Crippen molar-refractivity contribution < 1.29 is 24.2 Å². The number of hydrogen-bond acceptors (Lipinski definition) is 6. The Labute approximate surface area is 207 Å². The van der Waals surface area contributed by atoms with E-state index in [0.717, 1.165) is 12.0 Å². The van der Waals surface area contributed by atoms with E-state index in [1.54, 1.807) is 61.7 Å².